The van der Waals surface area contributed by atoms with Crippen LogP contribution in [0.4, 0.5) is 0 Å². The third kappa shape index (κ3) is 4.26. The van der Waals surface area contributed by atoms with E-state index in [-0.39, 0.29) is 6.04 Å². The number of piperazine rings is 1. The molecule has 1 aliphatic heterocycles. The Hall–Kier alpha value is -0.470. The first kappa shape index (κ1) is 16.9. The van der Waals surface area contributed by atoms with Crippen molar-refractivity contribution in [2.75, 3.05) is 40.3 Å². The van der Waals surface area contributed by atoms with Crippen molar-refractivity contribution in [3.05, 3.63) is 28.2 Å². The van der Waals surface area contributed by atoms with E-state index in [0.717, 1.165) is 25.2 Å². The average Bonchev–Trinajstić information content (AvgIpc) is 2.39. The van der Waals surface area contributed by atoms with Gasteiger partial charge in [0.25, 0.3) is 0 Å². The van der Waals surface area contributed by atoms with Gasteiger partial charge in [-0.2, -0.15) is 0 Å². The smallest absolute Gasteiger partial charge is 0.241 e. The highest BCUT2D eigenvalue weighted by Crippen LogP contribution is 2.23. The van der Waals surface area contributed by atoms with Crippen LogP contribution >= 0.6 is 15.9 Å². The molecule has 0 saturated carbocycles. The summed E-state index contributed by atoms with van der Waals surface area (Å²) < 4.78 is 28.2. The van der Waals surface area contributed by atoms with Gasteiger partial charge in [-0.25, -0.2) is 13.1 Å². The maximum atomic E-state index is 12.4. The van der Waals surface area contributed by atoms with Crippen LogP contribution in [-0.2, 0) is 10.0 Å². The molecule has 118 valence electrons. The average molecular weight is 376 g/mol. The predicted octanol–water partition coefficient (Wildman–Crippen LogP) is 1.28. The number of rotatable bonds is 4. The second kappa shape index (κ2) is 6.75. The van der Waals surface area contributed by atoms with Crippen LogP contribution < -0.4 is 4.72 Å². The Kier molecular flexibility index (Phi) is 5.43. The lowest BCUT2D eigenvalue weighted by Crippen LogP contribution is -2.54. The molecule has 5 nitrogen and oxygen atoms in total. The molecule has 7 heteroatoms. The Bertz CT molecular complexity index is 606. The summed E-state index contributed by atoms with van der Waals surface area (Å²) in [5, 5.41) is 0. The number of aryl methyl sites for hydroxylation is 1. The first-order chi connectivity index (χ1) is 9.79. The zero-order chi connectivity index (χ0) is 15.6. The summed E-state index contributed by atoms with van der Waals surface area (Å²) in [6.07, 6.45) is 0. The quantitative estimate of drug-likeness (QED) is 0.861. The molecule has 21 heavy (non-hydrogen) atoms. The summed E-state index contributed by atoms with van der Waals surface area (Å²) in [5.74, 6) is 0. The molecule has 0 amide bonds. The van der Waals surface area contributed by atoms with Crippen molar-refractivity contribution in [1.82, 2.24) is 14.5 Å². The molecule has 1 aromatic carbocycles. The molecule has 1 aromatic rings. The maximum absolute atomic E-state index is 12.4. The maximum Gasteiger partial charge on any atom is 0.241 e. The second-order valence-electron chi connectivity index (χ2n) is 5.68. The number of nitrogens with zero attached hydrogens (tertiary/aromatic N) is 2. The van der Waals surface area contributed by atoms with Crippen molar-refractivity contribution in [1.29, 1.82) is 0 Å². The molecule has 0 aromatic heterocycles. The van der Waals surface area contributed by atoms with Crippen LogP contribution in [-0.4, -0.2) is 64.5 Å². The van der Waals surface area contributed by atoms with Crippen LogP contribution in [0.15, 0.2) is 27.6 Å². The van der Waals surface area contributed by atoms with Gasteiger partial charge in [0.2, 0.25) is 10.0 Å². The third-order valence-corrected chi connectivity index (χ3v) is 6.27. The fraction of sp³-hybridized carbons (Fsp3) is 0.571. The highest BCUT2D eigenvalue weighted by Gasteiger charge is 2.25. The van der Waals surface area contributed by atoms with Gasteiger partial charge in [-0.15, -0.1) is 0 Å². The molecule has 1 N–H and O–H groups in total. The summed E-state index contributed by atoms with van der Waals surface area (Å²) in [5.41, 5.74) is 1.02. The molecule has 1 unspecified atom stereocenters. The van der Waals surface area contributed by atoms with Crippen LogP contribution in [0, 0.1) is 6.92 Å². The molecular weight excluding hydrogens is 354 g/mol. The van der Waals surface area contributed by atoms with Gasteiger partial charge in [0.15, 0.2) is 0 Å². The van der Waals surface area contributed by atoms with E-state index in [2.05, 4.69) is 37.5 Å². The highest BCUT2D eigenvalue weighted by molar-refractivity contribution is 9.10. The van der Waals surface area contributed by atoms with E-state index in [1.54, 1.807) is 12.1 Å². The molecule has 0 bridgehead atoms. The van der Waals surface area contributed by atoms with Crippen LogP contribution in [0.2, 0.25) is 0 Å². The van der Waals surface area contributed by atoms with E-state index in [4.69, 9.17) is 0 Å². The van der Waals surface area contributed by atoms with Crippen LogP contribution in [0.1, 0.15) is 5.56 Å². The molecule has 1 atom stereocenters. The molecule has 0 radical (unpaired) electrons. The fourth-order valence-corrected chi connectivity index (χ4v) is 4.69. The Labute approximate surface area is 135 Å². The first-order valence-corrected chi connectivity index (χ1v) is 9.22. The van der Waals surface area contributed by atoms with Gasteiger partial charge in [0.05, 0.1) is 4.90 Å². The summed E-state index contributed by atoms with van der Waals surface area (Å²) >= 11 is 3.33. The second-order valence-corrected chi connectivity index (χ2v) is 8.27. The monoisotopic (exact) mass is 375 g/mol. The van der Waals surface area contributed by atoms with Crippen molar-refractivity contribution in [2.45, 2.75) is 17.9 Å². The number of nitrogens with one attached hydrogen (secondary N) is 1. The standard InChI is InChI=1S/C14H22BrN3O2S/c1-11-4-5-14(13(15)8-11)21(19,20)16-9-12-10-17(2)6-7-18(12)3/h4-5,8,12,16H,6-7,9-10H2,1-3H3. The summed E-state index contributed by atoms with van der Waals surface area (Å²) in [6.45, 7) is 5.19. The van der Waals surface area contributed by atoms with Crippen molar-refractivity contribution < 1.29 is 8.42 Å². The summed E-state index contributed by atoms with van der Waals surface area (Å²) in [6, 6.07) is 5.45. The number of likely N-dealkylation sites (N-methyl/N-ethyl adjacent to an activating group) is 2. The lowest BCUT2D eigenvalue weighted by molar-refractivity contribution is 0.117. The summed E-state index contributed by atoms with van der Waals surface area (Å²) in [7, 11) is 0.606. The zero-order valence-corrected chi connectivity index (χ0v) is 15.0. The Balaban J connectivity index is 2.07. The van der Waals surface area contributed by atoms with Crippen molar-refractivity contribution in [2.24, 2.45) is 0 Å². The van der Waals surface area contributed by atoms with Crippen LogP contribution in [0.25, 0.3) is 0 Å². The van der Waals surface area contributed by atoms with Gasteiger partial charge in [0.1, 0.15) is 0 Å². The Morgan fingerprint density at radius 2 is 2.05 bits per heavy atom. The van der Waals surface area contributed by atoms with Gasteiger partial charge in [-0.1, -0.05) is 6.07 Å². The number of hydrogen-bond donors (Lipinski definition) is 1. The van der Waals surface area contributed by atoms with Gasteiger partial charge >= 0.3 is 0 Å². The lowest BCUT2D eigenvalue weighted by atomic mass is 10.2. The number of halogens is 1. The van der Waals surface area contributed by atoms with E-state index >= 15 is 0 Å². The topological polar surface area (TPSA) is 52.7 Å². The Morgan fingerprint density at radius 1 is 1.33 bits per heavy atom. The van der Waals surface area contributed by atoms with E-state index in [1.165, 1.54) is 0 Å². The molecule has 1 fully saturated rings. The van der Waals surface area contributed by atoms with Crippen LogP contribution in [0.3, 0.4) is 0 Å². The first-order valence-electron chi connectivity index (χ1n) is 6.94. The number of sulfonamides is 1. The lowest BCUT2D eigenvalue weighted by Gasteiger charge is -2.37. The Morgan fingerprint density at radius 3 is 2.71 bits per heavy atom. The fourth-order valence-electron chi connectivity index (χ4n) is 2.43. The van der Waals surface area contributed by atoms with Crippen LogP contribution in [0.5, 0.6) is 0 Å². The van der Waals surface area contributed by atoms with Gasteiger partial charge in [-0.05, 0) is 54.6 Å². The van der Waals surface area contributed by atoms with Gasteiger partial charge < -0.3 is 4.90 Å². The summed E-state index contributed by atoms with van der Waals surface area (Å²) in [4.78, 5) is 4.72. The molecule has 1 aliphatic rings. The number of hydrogen-bond acceptors (Lipinski definition) is 4. The predicted molar refractivity (Wildman–Crippen MR) is 88.0 cm³/mol. The SMILES string of the molecule is Cc1ccc(S(=O)(=O)NCC2CN(C)CCN2C)c(Br)c1. The molecule has 1 saturated heterocycles. The largest absolute Gasteiger partial charge is 0.303 e. The van der Waals surface area contributed by atoms with E-state index in [0.29, 0.717) is 15.9 Å². The number of benzene rings is 1. The van der Waals surface area contributed by atoms with Crippen molar-refractivity contribution in [3.63, 3.8) is 0 Å². The molecule has 1 heterocycles. The highest BCUT2D eigenvalue weighted by atomic mass is 79.9. The normalized spacial score (nSPS) is 21.6. The van der Waals surface area contributed by atoms with Crippen molar-refractivity contribution in [3.8, 4) is 0 Å². The molecule has 2 rings (SSSR count). The minimum absolute atomic E-state index is 0.197. The molecule has 0 spiro atoms. The zero-order valence-electron chi connectivity index (χ0n) is 12.6. The minimum Gasteiger partial charge on any atom is -0.303 e. The van der Waals surface area contributed by atoms with E-state index in [9.17, 15) is 8.42 Å². The van der Waals surface area contributed by atoms with Crippen molar-refractivity contribution >= 4 is 26.0 Å². The third-order valence-electron chi connectivity index (χ3n) is 3.87. The minimum atomic E-state index is -3.49. The molecule has 0 aliphatic carbocycles. The van der Waals surface area contributed by atoms with E-state index in [1.807, 2.05) is 20.0 Å². The van der Waals surface area contributed by atoms with Gasteiger partial charge in [0, 0.05) is 36.7 Å². The van der Waals surface area contributed by atoms with E-state index < -0.39 is 10.0 Å². The van der Waals surface area contributed by atoms with Gasteiger partial charge in [-0.3, -0.25) is 4.90 Å². The molecular formula is C14H22BrN3O2S.